The molecular weight excluding hydrogens is 350 g/mol. The largest absolute Gasteiger partial charge is 0.497 e. The summed E-state index contributed by atoms with van der Waals surface area (Å²) in [5.41, 5.74) is 3.81. The number of nitrogens with one attached hydrogen (secondary N) is 1. The van der Waals surface area contributed by atoms with E-state index in [1.165, 1.54) is 16.7 Å². The lowest BCUT2D eigenvalue weighted by atomic mass is 9.98. The molecule has 0 radical (unpaired) electrons. The number of rotatable bonds is 7. The second-order valence-corrected chi connectivity index (χ2v) is 7.06. The molecule has 1 aliphatic heterocycles. The highest BCUT2D eigenvalue weighted by Gasteiger charge is 2.26. The first-order valence-corrected chi connectivity index (χ1v) is 9.98. The van der Waals surface area contributed by atoms with E-state index in [0.717, 1.165) is 44.4 Å². The number of ether oxygens (including phenoxy) is 2. The maximum Gasteiger partial charge on any atom is 0.193 e. The first-order chi connectivity index (χ1) is 13.7. The molecule has 2 aromatic carbocycles. The van der Waals surface area contributed by atoms with Crippen LogP contribution in [0, 0.1) is 0 Å². The molecule has 5 nitrogen and oxygen atoms in total. The van der Waals surface area contributed by atoms with Gasteiger partial charge in [0.1, 0.15) is 5.75 Å². The van der Waals surface area contributed by atoms with Crippen LogP contribution in [0.1, 0.15) is 36.0 Å². The van der Waals surface area contributed by atoms with E-state index in [1.807, 2.05) is 26.1 Å². The zero-order chi connectivity index (χ0) is 19.8. The Kier molecular flexibility index (Phi) is 7.31. The topological polar surface area (TPSA) is 46.1 Å². The van der Waals surface area contributed by atoms with E-state index in [0.29, 0.717) is 12.5 Å². The van der Waals surface area contributed by atoms with E-state index in [9.17, 15) is 0 Å². The van der Waals surface area contributed by atoms with Crippen molar-refractivity contribution >= 4 is 5.96 Å². The summed E-state index contributed by atoms with van der Waals surface area (Å²) in [4.78, 5) is 6.84. The van der Waals surface area contributed by atoms with E-state index in [2.05, 4.69) is 51.6 Å². The molecule has 150 valence electrons. The highest BCUT2D eigenvalue weighted by atomic mass is 16.5. The van der Waals surface area contributed by atoms with Gasteiger partial charge in [-0.25, -0.2) is 0 Å². The fourth-order valence-corrected chi connectivity index (χ4v) is 3.59. The van der Waals surface area contributed by atoms with Crippen molar-refractivity contribution in [3.63, 3.8) is 0 Å². The second kappa shape index (κ2) is 10.1. The van der Waals surface area contributed by atoms with Crippen LogP contribution in [0.25, 0.3) is 0 Å². The Morgan fingerprint density at radius 1 is 1.11 bits per heavy atom. The molecule has 5 heteroatoms. The van der Waals surface area contributed by atoms with Crippen LogP contribution in [-0.4, -0.2) is 44.7 Å². The van der Waals surface area contributed by atoms with Crippen molar-refractivity contribution in [2.75, 3.05) is 33.9 Å². The van der Waals surface area contributed by atoms with Gasteiger partial charge in [0, 0.05) is 39.2 Å². The minimum absolute atomic E-state index is 0.530. The van der Waals surface area contributed by atoms with Crippen LogP contribution in [0.2, 0.25) is 0 Å². The number of aliphatic imine (C=N–C) groups is 1. The average Bonchev–Trinajstić information content (AvgIpc) is 3.23. The molecule has 1 heterocycles. The third kappa shape index (κ3) is 5.26. The zero-order valence-corrected chi connectivity index (χ0v) is 17.1. The number of likely N-dealkylation sites (tertiary alicyclic amines) is 1. The Labute approximate surface area is 168 Å². The van der Waals surface area contributed by atoms with Crippen LogP contribution in [0.15, 0.2) is 53.5 Å². The first kappa shape index (κ1) is 20.2. The monoisotopic (exact) mass is 381 g/mol. The molecule has 0 bridgehead atoms. The van der Waals surface area contributed by atoms with Gasteiger partial charge in [0.15, 0.2) is 5.96 Å². The second-order valence-electron chi connectivity index (χ2n) is 7.06. The minimum Gasteiger partial charge on any atom is -0.497 e. The predicted octanol–water partition coefficient (Wildman–Crippen LogP) is 3.80. The molecule has 28 heavy (non-hydrogen) atoms. The molecule has 0 aliphatic carbocycles. The van der Waals surface area contributed by atoms with Crippen molar-refractivity contribution in [3.8, 4) is 5.75 Å². The van der Waals surface area contributed by atoms with Crippen LogP contribution in [0.3, 0.4) is 0 Å². The number of hydrogen-bond donors (Lipinski definition) is 1. The third-order valence-electron chi connectivity index (χ3n) is 5.23. The number of methoxy groups -OCH3 is 1. The van der Waals surface area contributed by atoms with Gasteiger partial charge in [-0.2, -0.15) is 0 Å². The van der Waals surface area contributed by atoms with Crippen LogP contribution >= 0.6 is 0 Å². The molecule has 1 N–H and O–H groups in total. The molecule has 0 saturated carbocycles. The number of nitrogens with zero attached hydrogens (tertiary/aromatic N) is 2. The van der Waals surface area contributed by atoms with Gasteiger partial charge >= 0.3 is 0 Å². The van der Waals surface area contributed by atoms with Crippen molar-refractivity contribution in [1.82, 2.24) is 10.2 Å². The Bertz CT molecular complexity index is 756. The number of guanidine groups is 1. The van der Waals surface area contributed by atoms with Crippen molar-refractivity contribution in [2.24, 2.45) is 4.99 Å². The maximum atomic E-state index is 5.45. The highest BCUT2D eigenvalue weighted by Crippen LogP contribution is 2.28. The first-order valence-electron chi connectivity index (χ1n) is 9.98. The van der Waals surface area contributed by atoms with Crippen molar-refractivity contribution < 1.29 is 9.47 Å². The average molecular weight is 382 g/mol. The zero-order valence-electron chi connectivity index (χ0n) is 17.1. The van der Waals surface area contributed by atoms with Gasteiger partial charge in [0.05, 0.1) is 13.7 Å². The van der Waals surface area contributed by atoms with Crippen molar-refractivity contribution in [2.45, 2.75) is 32.4 Å². The summed E-state index contributed by atoms with van der Waals surface area (Å²) >= 11 is 0. The Morgan fingerprint density at radius 2 is 1.82 bits per heavy atom. The quantitative estimate of drug-likeness (QED) is 0.585. The van der Waals surface area contributed by atoms with Crippen LogP contribution in [0.5, 0.6) is 5.75 Å². The van der Waals surface area contributed by atoms with Crippen LogP contribution in [-0.2, 0) is 17.9 Å². The van der Waals surface area contributed by atoms with Crippen molar-refractivity contribution in [3.05, 3.63) is 65.2 Å². The normalized spacial score (nSPS) is 17.0. The van der Waals surface area contributed by atoms with Crippen molar-refractivity contribution in [1.29, 1.82) is 0 Å². The van der Waals surface area contributed by atoms with Crippen LogP contribution < -0.4 is 10.1 Å². The molecule has 1 aliphatic rings. The molecule has 1 unspecified atom stereocenters. The van der Waals surface area contributed by atoms with Gasteiger partial charge in [0.2, 0.25) is 0 Å². The van der Waals surface area contributed by atoms with Crippen LogP contribution in [0.4, 0.5) is 0 Å². The number of hydrogen-bond acceptors (Lipinski definition) is 3. The smallest absolute Gasteiger partial charge is 0.193 e. The van der Waals surface area contributed by atoms with E-state index in [1.54, 1.807) is 7.11 Å². The molecule has 1 atom stereocenters. The van der Waals surface area contributed by atoms with E-state index in [-0.39, 0.29) is 0 Å². The molecule has 0 aromatic heterocycles. The van der Waals surface area contributed by atoms with Gasteiger partial charge in [-0.15, -0.1) is 0 Å². The Morgan fingerprint density at radius 3 is 2.46 bits per heavy atom. The molecule has 3 rings (SSSR count). The highest BCUT2D eigenvalue weighted by molar-refractivity contribution is 5.80. The fourth-order valence-electron chi connectivity index (χ4n) is 3.59. The van der Waals surface area contributed by atoms with Gasteiger partial charge in [-0.3, -0.25) is 4.99 Å². The molecule has 1 saturated heterocycles. The van der Waals surface area contributed by atoms with Gasteiger partial charge in [-0.1, -0.05) is 36.4 Å². The summed E-state index contributed by atoms with van der Waals surface area (Å²) in [6.45, 7) is 6.20. The summed E-state index contributed by atoms with van der Waals surface area (Å²) in [5, 5.41) is 3.51. The standard InChI is InChI=1S/C23H31N3O2/c1-4-28-17-19-7-5-18(6-8-19)15-25-23(24-2)26-14-13-21(16-26)20-9-11-22(27-3)12-10-20/h5-12,21H,4,13-17H2,1-3H3,(H,24,25). The van der Waals surface area contributed by atoms with E-state index >= 15 is 0 Å². The lowest BCUT2D eigenvalue weighted by Crippen LogP contribution is -2.39. The lowest BCUT2D eigenvalue weighted by molar-refractivity contribution is 0.134. The summed E-state index contributed by atoms with van der Waals surface area (Å²) in [6, 6.07) is 17.0. The van der Waals surface area contributed by atoms with Gasteiger partial charge < -0.3 is 19.7 Å². The summed E-state index contributed by atoms with van der Waals surface area (Å²) in [5.74, 6) is 2.40. The molecule has 0 spiro atoms. The molecule has 2 aromatic rings. The molecule has 1 fully saturated rings. The lowest BCUT2D eigenvalue weighted by Gasteiger charge is -2.22. The Hall–Kier alpha value is -2.53. The summed E-state index contributed by atoms with van der Waals surface area (Å²) in [7, 11) is 3.56. The van der Waals surface area contributed by atoms with Gasteiger partial charge in [0.25, 0.3) is 0 Å². The maximum absolute atomic E-state index is 5.45. The fraction of sp³-hybridized carbons (Fsp3) is 0.435. The number of benzene rings is 2. The molecular formula is C23H31N3O2. The Balaban J connectivity index is 1.52. The summed E-state index contributed by atoms with van der Waals surface area (Å²) in [6.07, 6.45) is 1.14. The minimum atomic E-state index is 0.530. The molecule has 0 amide bonds. The van der Waals surface area contributed by atoms with E-state index < -0.39 is 0 Å². The summed E-state index contributed by atoms with van der Waals surface area (Å²) < 4.78 is 10.7. The SMILES string of the molecule is CCOCc1ccc(CNC(=NC)N2CCC(c3ccc(OC)cc3)C2)cc1. The third-order valence-corrected chi connectivity index (χ3v) is 5.23. The van der Waals surface area contributed by atoms with Gasteiger partial charge in [-0.05, 0) is 42.2 Å². The predicted molar refractivity (Wildman–Crippen MR) is 114 cm³/mol. The van der Waals surface area contributed by atoms with E-state index in [4.69, 9.17) is 9.47 Å².